The molecule has 120 valence electrons. The molecule has 1 N–H and O–H groups in total. The Bertz CT molecular complexity index is 691. The largest absolute Gasteiger partial charge is 0.349 e. The van der Waals surface area contributed by atoms with E-state index in [1.807, 2.05) is 55.5 Å². The van der Waals surface area contributed by atoms with Gasteiger partial charge in [-0.05, 0) is 30.2 Å². The fourth-order valence-corrected chi connectivity index (χ4v) is 2.25. The molecule has 23 heavy (non-hydrogen) atoms. The number of nitrogens with zero attached hydrogens (tertiary/aromatic N) is 1. The van der Waals surface area contributed by atoms with Crippen molar-refractivity contribution >= 4 is 17.5 Å². The fourth-order valence-electron chi connectivity index (χ4n) is 2.25. The highest BCUT2D eigenvalue weighted by molar-refractivity contribution is 5.92. The Morgan fingerprint density at radius 2 is 1.65 bits per heavy atom. The number of carbonyl (C=O) groups is 2. The van der Waals surface area contributed by atoms with E-state index in [1.54, 1.807) is 19.0 Å². The predicted molar refractivity (Wildman–Crippen MR) is 92.4 cm³/mol. The van der Waals surface area contributed by atoms with Crippen LogP contribution in [0.4, 0.5) is 5.69 Å². The van der Waals surface area contributed by atoms with Gasteiger partial charge in [0.2, 0.25) is 11.8 Å². The number of aryl methyl sites for hydroxylation is 1. The first kappa shape index (κ1) is 16.7. The van der Waals surface area contributed by atoms with Gasteiger partial charge in [-0.1, -0.05) is 42.0 Å². The number of benzene rings is 2. The van der Waals surface area contributed by atoms with Crippen molar-refractivity contribution in [3.05, 3.63) is 65.2 Å². The van der Waals surface area contributed by atoms with Crippen LogP contribution < -0.4 is 5.32 Å². The van der Waals surface area contributed by atoms with E-state index in [9.17, 15) is 9.59 Å². The molecule has 0 spiro atoms. The summed E-state index contributed by atoms with van der Waals surface area (Å²) in [5.74, 6) is 0.00829. The Morgan fingerprint density at radius 3 is 2.26 bits per heavy atom. The molecule has 0 radical (unpaired) electrons. The second-order valence-electron chi connectivity index (χ2n) is 5.88. The third kappa shape index (κ3) is 5.25. The molecule has 0 bridgehead atoms. The number of hydrogen-bond donors (Lipinski definition) is 1. The zero-order chi connectivity index (χ0) is 16.8. The first-order chi connectivity index (χ1) is 10.9. The number of carbonyl (C=O) groups excluding carboxylic acids is 2. The normalized spacial score (nSPS) is 10.2. The summed E-state index contributed by atoms with van der Waals surface area (Å²) in [5.41, 5.74) is 3.81. The molecule has 2 aromatic carbocycles. The molecule has 0 aliphatic rings. The van der Waals surface area contributed by atoms with Crippen LogP contribution in [0.15, 0.2) is 48.5 Å². The minimum absolute atomic E-state index is 0.0484. The van der Waals surface area contributed by atoms with Gasteiger partial charge in [0.15, 0.2) is 0 Å². The van der Waals surface area contributed by atoms with Crippen molar-refractivity contribution in [1.82, 2.24) is 4.90 Å². The zero-order valence-electron chi connectivity index (χ0n) is 13.8. The standard InChI is InChI=1S/C19H22N2O2/c1-14-5-4-6-16(11-14)12-18(22)20-17-9-7-15(8-10-17)13-19(23)21(2)3/h4-11H,12-13H2,1-3H3,(H,20,22). The summed E-state index contributed by atoms with van der Waals surface area (Å²) < 4.78 is 0. The van der Waals surface area contributed by atoms with Gasteiger partial charge in [-0.3, -0.25) is 9.59 Å². The van der Waals surface area contributed by atoms with E-state index in [4.69, 9.17) is 0 Å². The SMILES string of the molecule is Cc1cccc(CC(=O)Nc2ccc(CC(=O)N(C)C)cc2)c1. The molecule has 0 fully saturated rings. The minimum atomic E-state index is -0.0484. The molecular weight excluding hydrogens is 288 g/mol. The zero-order valence-corrected chi connectivity index (χ0v) is 13.8. The molecule has 2 aromatic rings. The summed E-state index contributed by atoms with van der Waals surface area (Å²) in [7, 11) is 3.48. The van der Waals surface area contributed by atoms with Crippen LogP contribution in [0.5, 0.6) is 0 Å². The lowest BCUT2D eigenvalue weighted by Gasteiger charge is -2.10. The first-order valence-corrected chi connectivity index (χ1v) is 7.58. The van der Waals surface area contributed by atoms with Crippen LogP contribution in [0.3, 0.4) is 0 Å². The lowest BCUT2D eigenvalue weighted by molar-refractivity contribution is -0.128. The number of nitrogens with one attached hydrogen (secondary N) is 1. The molecule has 0 aromatic heterocycles. The second kappa shape index (κ2) is 7.58. The number of amides is 2. The summed E-state index contributed by atoms with van der Waals surface area (Å²) in [6, 6.07) is 15.3. The number of anilines is 1. The average Bonchev–Trinajstić information content (AvgIpc) is 2.49. The third-order valence-corrected chi connectivity index (χ3v) is 3.54. The molecular formula is C19H22N2O2. The van der Waals surface area contributed by atoms with Crippen molar-refractivity contribution in [3.63, 3.8) is 0 Å². The molecule has 2 rings (SSSR count). The molecule has 0 saturated heterocycles. The van der Waals surface area contributed by atoms with Gasteiger partial charge in [0.05, 0.1) is 12.8 Å². The van der Waals surface area contributed by atoms with Gasteiger partial charge in [-0.25, -0.2) is 0 Å². The highest BCUT2D eigenvalue weighted by Crippen LogP contribution is 2.12. The summed E-state index contributed by atoms with van der Waals surface area (Å²) in [5, 5.41) is 2.88. The fraction of sp³-hybridized carbons (Fsp3) is 0.263. The van der Waals surface area contributed by atoms with Crippen LogP contribution in [0.1, 0.15) is 16.7 Å². The summed E-state index contributed by atoms with van der Waals surface area (Å²) >= 11 is 0. The summed E-state index contributed by atoms with van der Waals surface area (Å²) in [4.78, 5) is 25.3. The first-order valence-electron chi connectivity index (χ1n) is 7.58. The Morgan fingerprint density at radius 1 is 0.957 bits per heavy atom. The molecule has 0 atom stereocenters. The number of rotatable bonds is 5. The van der Waals surface area contributed by atoms with Crippen molar-refractivity contribution in [2.75, 3.05) is 19.4 Å². The lowest BCUT2D eigenvalue weighted by atomic mass is 10.1. The van der Waals surface area contributed by atoms with Crippen LogP contribution >= 0.6 is 0 Å². The quantitative estimate of drug-likeness (QED) is 0.923. The predicted octanol–water partition coefficient (Wildman–Crippen LogP) is 2.81. The summed E-state index contributed by atoms with van der Waals surface area (Å²) in [6.45, 7) is 2.01. The minimum Gasteiger partial charge on any atom is -0.349 e. The maximum atomic E-state index is 12.1. The Kier molecular flexibility index (Phi) is 5.52. The van der Waals surface area contributed by atoms with Crippen molar-refractivity contribution in [1.29, 1.82) is 0 Å². The maximum Gasteiger partial charge on any atom is 0.228 e. The van der Waals surface area contributed by atoms with Gasteiger partial charge in [0.25, 0.3) is 0 Å². The lowest BCUT2D eigenvalue weighted by Crippen LogP contribution is -2.23. The molecule has 0 saturated carbocycles. The van der Waals surface area contributed by atoms with E-state index in [0.29, 0.717) is 12.8 Å². The highest BCUT2D eigenvalue weighted by Gasteiger charge is 2.07. The van der Waals surface area contributed by atoms with E-state index in [-0.39, 0.29) is 11.8 Å². The Hall–Kier alpha value is -2.62. The van der Waals surface area contributed by atoms with Crippen molar-refractivity contribution in [2.24, 2.45) is 0 Å². The highest BCUT2D eigenvalue weighted by atomic mass is 16.2. The summed E-state index contributed by atoms with van der Waals surface area (Å²) in [6.07, 6.45) is 0.715. The van der Waals surface area contributed by atoms with Crippen molar-refractivity contribution in [2.45, 2.75) is 19.8 Å². The molecule has 0 aliphatic heterocycles. The topological polar surface area (TPSA) is 49.4 Å². The Balaban J connectivity index is 1.92. The van der Waals surface area contributed by atoms with Crippen molar-refractivity contribution < 1.29 is 9.59 Å². The number of likely N-dealkylation sites (N-methyl/N-ethyl adjacent to an activating group) is 1. The van der Waals surface area contributed by atoms with E-state index in [0.717, 1.165) is 22.4 Å². The van der Waals surface area contributed by atoms with Gasteiger partial charge in [-0.15, -0.1) is 0 Å². The molecule has 0 unspecified atom stereocenters. The van der Waals surface area contributed by atoms with E-state index in [1.165, 1.54) is 0 Å². The van der Waals surface area contributed by atoms with E-state index in [2.05, 4.69) is 5.32 Å². The molecule has 0 heterocycles. The number of hydrogen-bond acceptors (Lipinski definition) is 2. The smallest absolute Gasteiger partial charge is 0.228 e. The van der Waals surface area contributed by atoms with Gasteiger partial charge in [0.1, 0.15) is 0 Å². The molecule has 4 heteroatoms. The molecule has 2 amide bonds. The third-order valence-electron chi connectivity index (χ3n) is 3.54. The second-order valence-corrected chi connectivity index (χ2v) is 5.88. The van der Waals surface area contributed by atoms with E-state index < -0.39 is 0 Å². The Labute approximate surface area is 137 Å². The van der Waals surface area contributed by atoms with Crippen molar-refractivity contribution in [3.8, 4) is 0 Å². The van der Waals surface area contributed by atoms with Gasteiger partial charge in [0, 0.05) is 19.8 Å². The average molecular weight is 310 g/mol. The van der Waals surface area contributed by atoms with Crippen LogP contribution in [0, 0.1) is 6.92 Å². The maximum absolute atomic E-state index is 12.1. The van der Waals surface area contributed by atoms with E-state index >= 15 is 0 Å². The van der Waals surface area contributed by atoms with Crippen LogP contribution in [-0.2, 0) is 22.4 Å². The monoisotopic (exact) mass is 310 g/mol. The van der Waals surface area contributed by atoms with Crippen LogP contribution in [0.25, 0.3) is 0 Å². The molecule has 0 aliphatic carbocycles. The van der Waals surface area contributed by atoms with Gasteiger partial charge < -0.3 is 10.2 Å². The van der Waals surface area contributed by atoms with Crippen LogP contribution in [-0.4, -0.2) is 30.8 Å². The van der Waals surface area contributed by atoms with Crippen LogP contribution in [0.2, 0.25) is 0 Å². The van der Waals surface area contributed by atoms with Gasteiger partial charge >= 0.3 is 0 Å². The molecule has 4 nitrogen and oxygen atoms in total. The van der Waals surface area contributed by atoms with Gasteiger partial charge in [-0.2, -0.15) is 0 Å².